The van der Waals surface area contributed by atoms with Crippen molar-refractivity contribution < 1.29 is 9.18 Å². The Hall–Kier alpha value is -1.91. The van der Waals surface area contributed by atoms with Crippen molar-refractivity contribution in [1.82, 2.24) is 5.32 Å². The largest absolute Gasteiger partial charge is 0.354 e. The van der Waals surface area contributed by atoms with Crippen LogP contribution in [0.4, 0.5) is 4.39 Å². The van der Waals surface area contributed by atoms with Gasteiger partial charge in [-0.2, -0.15) is 0 Å². The van der Waals surface area contributed by atoms with Crippen molar-refractivity contribution in [2.45, 2.75) is 37.6 Å². The number of carbonyl (C=O) groups excluding carboxylic acids is 1. The maximum atomic E-state index is 13.1. The van der Waals surface area contributed by atoms with Crippen molar-refractivity contribution in [3.05, 3.63) is 71.0 Å². The number of hydrogen-bond acceptors (Lipinski definition) is 2. The molecule has 3 rings (SSSR count). The molecular weight excluding hydrogens is 339 g/mol. The minimum absolute atomic E-state index is 0. The van der Waals surface area contributed by atoms with Crippen molar-refractivity contribution in [2.24, 2.45) is 5.73 Å². The van der Waals surface area contributed by atoms with Crippen molar-refractivity contribution in [1.29, 1.82) is 0 Å². The Bertz CT molecular complexity index is 711. The first-order valence-corrected chi connectivity index (χ1v) is 8.36. The van der Waals surface area contributed by atoms with Crippen LogP contribution in [0.2, 0.25) is 0 Å². The fourth-order valence-electron chi connectivity index (χ4n) is 3.27. The lowest BCUT2D eigenvalue weighted by Crippen LogP contribution is -2.47. The topological polar surface area (TPSA) is 55.1 Å². The molecule has 1 unspecified atom stereocenters. The first-order valence-electron chi connectivity index (χ1n) is 8.36. The van der Waals surface area contributed by atoms with Crippen LogP contribution in [0.15, 0.2) is 48.5 Å². The van der Waals surface area contributed by atoms with E-state index in [1.807, 2.05) is 43.3 Å². The van der Waals surface area contributed by atoms with E-state index in [-0.39, 0.29) is 29.5 Å². The fourth-order valence-corrected chi connectivity index (χ4v) is 3.27. The van der Waals surface area contributed by atoms with Gasteiger partial charge in [-0.05, 0) is 43.0 Å². The van der Waals surface area contributed by atoms with Crippen molar-refractivity contribution in [2.75, 3.05) is 6.54 Å². The summed E-state index contributed by atoms with van der Waals surface area (Å²) >= 11 is 0. The van der Waals surface area contributed by atoms with Crippen LogP contribution in [0.3, 0.4) is 0 Å². The number of nitrogens with two attached hydrogens (primary N) is 1. The molecule has 25 heavy (non-hydrogen) atoms. The van der Waals surface area contributed by atoms with E-state index in [1.54, 1.807) is 0 Å². The molecule has 0 spiro atoms. The highest BCUT2D eigenvalue weighted by Crippen LogP contribution is 2.43. The van der Waals surface area contributed by atoms with E-state index >= 15 is 0 Å². The zero-order chi connectivity index (χ0) is 17.2. The van der Waals surface area contributed by atoms with Crippen molar-refractivity contribution in [3.8, 4) is 0 Å². The molecule has 2 aromatic rings. The third-order valence-electron chi connectivity index (χ3n) is 5.09. The lowest BCUT2D eigenvalue weighted by molar-refractivity contribution is -0.122. The number of halogens is 2. The van der Waals surface area contributed by atoms with Gasteiger partial charge in [0, 0.05) is 12.0 Å². The lowest BCUT2D eigenvalue weighted by atomic mass is 9.64. The van der Waals surface area contributed by atoms with Gasteiger partial charge in [-0.3, -0.25) is 4.79 Å². The zero-order valence-electron chi connectivity index (χ0n) is 14.3. The predicted molar refractivity (Wildman–Crippen MR) is 100 cm³/mol. The van der Waals surface area contributed by atoms with Crippen LogP contribution >= 0.6 is 12.4 Å². The minimum atomic E-state index is -0.670. The second kappa shape index (κ2) is 7.98. The first kappa shape index (κ1) is 19.4. The number of carbonyl (C=O) groups is 1. The van der Waals surface area contributed by atoms with E-state index in [9.17, 15) is 9.18 Å². The van der Waals surface area contributed by atoms with E-state index in [0.29, 0.717) is 6.54 Å². The maximum Gasteiger partial charge on any atom is 0.241 e. The van der Waals surface area contributed by atoms with Crippen LogP contribution in [0.25, 0.3) is 0 Å². The molecule has 3 nitrogen and oxygen atoms in total. The normalized spacial score (nSPS) is 16.3. The van der Waals surface area contributed by atoms with Gasteiger partial charge in [0.25, 0.3) is 0 Å². The summed E-state index contributed by atoms with van der Waals surface area (Å²) in [5.41, 5.74) is 9.01. The molecule has 0 aliphatic heterocycles. The molecule has 134 valence electrons. The lowest BCUT2D eigenvalue weighted by Gasteiger charge is -2.42. The van der Waals surface area contributed by atoms with Crippen molar-refractivity contribution >= 4 is 18.3 Å². The average Bonchev–Trinajstić information content (AvgIpc) is 2.55. The fraction of sp³-hybridized carbons (Fsp3) is 0.350. The van der Waals surface area contributed by atoms with Gasteiger partial charge in [-0.1, -0.05) is 48.4 Å². The Morgan fingerprint density at radius 2 is 1.76 bits per heavy atom. The van der Waals surface area contributed by atoms with Crippen LogP contribution in [-0.2, 0) is 10.2 Å². The Kier molecular flexibility index (Phi) is 6.20. The molecule has 3 N–H and O–H groups in total. The average molecular weight is 363 g/mol. The van der Waals surface area contributed by atoms with E-state index in [0.717, 1.165) is 36.0 Å². The maximum absolute atomic E-state index is 13.1. The third kappa shape index (κ3) is 4.20. The van der Waals surface area contributed by atoms with Gasteiger partial charge in [0.1, 0.15) is 11.9 Å². The molecule has 1 fully saturated rings. The van der Waals surface area contributed by atoms with Gasteiger partial charge in [0.2, 0.25) is 5.91 Å². The Labute approximate surface area is 154 Å². The summed E-state index contributed by atoms with van der Waals surface area (Å²) in [5.74, 6) is -0.411. The number of nitrogens with one attached hydrogen (secondary N) is 1. The minimum Gasteiger partial charge on any atom is -0.354 e. The number of benzene rings is 2. The smallest absolute Gasteiger partial charge is 0.241 e. The SMILES string of the molecule is Cc1ccc(C(N)C(=O)NCC2(c3ccc(F)cc3)CCC2)cc1.Cl. The molecule has 0 bridgehead atoms. The second-order valence-corrected chi connectivity index (χ2v) is 6.75. The Morgan fingerprint density at radius 3 is 2.28 bits per heavy atom. The van der Waals surface area contributed by atoms with Crippen LogP contribution in [-0.4, -0.2) is 12.5 Å². The molecule has 2 aromatic carbocycles. The van der Waals surface area contributed by atoms with E-state index < -0.39 is 6.04 Å². The van der Waals surface area contributed by atoms with Gasteiger partial charge in [-0.25, -0.2) is 4.39 Å². The molecule has 1 aliphatic rings. The molecule has 0 radical (unpaired) electrons. The summed E-state index contributed by atoms with van der Waals surface area (Å²) in [6.45, 7) is 2.54. The van der Waals surface area contributed by atoms with Crippen LogP contribution in [0.1, 0.15) is 42.0 Å². The summed E-state index contributed by atoms with van der Waals surface area (Å²) in [6, 6.07) is 13.6. The molecule has 5 heteroatoms. The number of hydrogen-bond donors (Lipinski definition) is 2. The van der Waals surface area contributed by atoms with Gasteiger partial charge in [0.05, 0.1) is 0 Å². The molecule has 0 aromatic heterocycles. The molecule has 1 atom stereocenters. The number of aryl methyl sites for hydroxylation is 1. The summed E-state index contributed by atoms with van der Waals surface area (Å²) in [7, 11) is 0. The summed E-state index contributed by atoms with van der Waals surface area (Å²) in [6.07, 6.45) is 3.12. The third-order valence-corrected chi connectivity index (χ3v) is 5.09. The molecule has 0 heterocycles. The monoisotopic (exact) mass is 362 g/mol. The van der Waals surface area contributed by atoms with E-state index in [1.165, 1.54) is 12.1 Å². The standard InChI is InChI=1S/C20H23FN2O.ClH/c1-14-3-5-15(6-4-14)18(22)19(24)23-13-20(11-2-12-20)16-7-9-17(21)10-8-16;/h3-10,18H,2,11-13,22H2,1H3,(H,23,24);1H. The quantitative estimate of drug-likeness (QED) is 0.850. The number of amides is 1. The zero-order valence-corrected chi connectivity index (χ0v) is 15.1. The van der Waals surface area contributed by atoms with Crippen LogP contribution < -0.4 is 11.1 Å². The highest BCUT2D eigenvalue weighted by molar-refractivity contribution is 5.85. The van der Waals surface area contributed by atoms with Gasteiger partial charge >= 0.3 is 0 Å². The van der Waals surface area contributed by atoms with Crippen LogP contribution in [0.5, 0.6) is 0 Å². The predicted octanol–water partition coefficient (Wildman–Crippen LogP) is 3.79. The Balaban J connectivity index is 0.00000225. The van der Waals surface area contributed by atoms with E-state index in [4.69, 9.17) is 5.73 Å². The van der Waals surface area contributed by atoms with Crippen molar-refractivity contribution in [3.63, 3.8) is 0 Å². The summed E-state index contributed by atoms with van der Waals surface area (Å²) in [5, 5.41) is 2.99. The second-order valence-electron chi connectivity index (χ2n) is 6.75. The van der Waals surface area contributed by atoms with Crippen LogP contribution in [0, 0.1) is 12.7 Å². The number of rotatable bonds is 5. The summed E-state index contributed by atoms with van der Waals surface area (Å²) in [4.78, 5) is 12.4. The molecule has 1 amide bonds. The first-order chi connectivity index (χ1) is 11.5. The Morgan fingerprint density at radius 1 is 1.16 bits per heavy atom. The van der Waals surface area contributed by atoms with E-state index in [2.05, 4.69) is 5.32 Å². The molecule has 1 aliphatic carbocycles. The highest BCUT2D eigenvalue weighted by atomic mass is 35.5. The molecule has 1 saturated carbocycles. The van der Waals surface area contributed by atoms with Gasteiger partial charge < -0.3 is 11.1 Å². The highest BCUT2D eigenvalue weighted by Gasteiger charge is 2.39. The molecule has 0 saturated heterocycles. The van der Waals surface area contributed by atoms with Gasteiger partial charge in [-0.15, -0.1) is 12.4 Å². The summed E-state index contributed by atoms with van der Waals surface area (Å²) < 4.78 is 13.1. The molecular formula is C20H24ClFN2O. The van der Waals surface area contributed by atoms with Gasteiger partial charge in [0.15, 0.2) is 0 Å².